The van der Waals surface area contributed by atoms with Crippen molar-refractivity contribution in [3.63, 3.8) is 0 Å². The topological polar surface area (TPSA) is 55.8 Å². The first-order valence-corrected chi connectivity index (χ1v) is 7.63. The Balaban J connectivity index is 1.81. The Hall–Kier alpha value is -1.88. The molecule has 120 valence electrons. The van der Waals surface area contributed by atoms with E-state index in [1.165, 1.54) is 7.11 Å². The van der Waals surface area contributed by atoms with E-state index in [1.54, 1.807) is 0 Å². The maximum Gasteiger partial charge on any atom is 0.320 e. The number of methoxy groups -OCH3 is 1. The Labute approximate surface area is 131 Å². The zero-order valence-electron chi connectivity index (χ0n) is 13.2. The lowest BCUT2D eigenvalue weighted by Gasteiger charge is -2.14. The Morgan fingerprint density at radius 1 is 1.23 bits per heavy atom. The van der Waals surface area contributed by atoms with E-state index in [2.05, 4.69) is 6.92 Å². The van der Waals surface area contributed by atoms with E-state index < -0.39 is 0 Å². The molecule has 0 spiro atoms. The van der Waals surface area contributed by atoms with Crippen molar-refractivity contribution >= 4 is 11.9 Å². The molecule has 1 heterocycles. The Kier molecular flexibility index (Phi) is 5.95. The molecule has 2 rings (SSSR count). The zero-order chi connectivity index (χ0) is 15.9. The van der Waals surface area contributed by atoms with Gasteiger partial charge in [-0.3, -0.25) is 14.5 Å². The van der Waals surface area contributed by atoms with Gasteiger partial charge in [-0.2, -0.15) is 0 Å². The number of ether oxygens (including phenoxy) is 2. The molecule has 0 amide bonds. The lowest BCUT2D eigenvalue weighted by atomic mass is 9.94. The van der Waals surface area contributed by atoms with Crippen LogP contribution in [0.25, 0.3) is 0 Å². The maximum atomic E-state index is 11.9. The summed E-state index contributed by atoms with van der Waals surface area (Å²) in [6.45, 7) is 3.85. The van der Waals surface area contributed by atoms with Gasteiger partial charge < -0.3 is 9.47 Å². The van der Waals surface area contributed by atoms with Gasteiger partial charge in [0.25, 0.3) is 0 Å². The van der Waals surface area contributed by atoms with Crippen molar-refractivity contribution in [2.75, 3.05) is 26.7 Å². The van der Waals surface area contributed by atoms with Crippen LogP contribution in [-0.4, -0.2) is 43.6 Å². The average molecular weight is 305 g/mol. The van der Waals surface area contributed by atoms with Crippen molar-refractivity contribution < 1.29 is 19.1 Å². The number of hydrogen-bond donors (Lipinski definition) is 0. The summed E-state index contributed by atoms with van der Waals surface area (Å²) in [5, 5.41) is 0. The van der Waals surface area contributed by atoms with E-state index in [0.29, 0.717) is 6.54 Å². The van der Waals surface area contributed by atoms with Gasteiger partial charge in [-0.15, -0.1) is 0 Å². The highest BCUT2D eigenvalue weighted by Crippen LogP contribution is 2.26. The molecule has 1 aliphatic rings. The summed E-state index contributed by atoms with van der Waals surface area (Å²) >= 11 is 0. The van der Waals surface area contributed by atoms with Crippen LogP contribution in [0.15, 0.2) is 30.3 Å². The summed E-state index contributed by atoms with van der Waals surface area (Å²) in [6, 6.07) is 9.59. The van der Waals surface area contributed by atoms with Crippen molar-refractivity contribution in [2.45, 2.75) is 20.0 Å². The van der Waals surface area contributed by atoms with E-state index in [1.807, 2.05) is 35.2 Å². The number of esters is 2. The quantitative estimate of drug-likeness (QED) is 0.751. The average Bonchev–Trinajstić information content (AvgIpc) is 2.96. The summed E-state index contributed by atoms with van der Waals surface area (Å²) in [5.74, 6) is -0.345. The van der Waals surface area contributed by atoms with Gasteiger partial charge >= 0.3 is 11.9 Å². The summed E-state index contributed by atoms with van der Waals surface area (Å²) < 4.78 is 10.1. The second-order valence-corrected chi connectivity index (χ2v) is 5.64. The predicted molar refractivity (Wildman–Crippen MR) is 82.0 cm³/mol. The minimum Gasteiger partial charge on any atom is -0.469 e. The van der Waals surface area contributed by atoms with Gasteiger partial charge in [0, 0.05) is 13.1 Å². The molecule has 22 heavy (non-hydrogen) atoms. The van der Waals surface area contributed by atoms with E-state index in [-0.39, 0.29) is 36.9 Å². The van der Waals surface area contributed by atoms with Crippen molar-refractivity contribution in [3.8, 4) is 0 Å². The van der Waals surface area contributed by atoms with Crippen molar-refractivity contribution in [3.05, 3.63) is 35.9 Å². The normalized spacial score (nSPS) is 21.5. The second-order valence-electron chi connectivity index (χ2n) is 5.64. The van der Waals surface area contributed by atoms with Crippen molar-refractivity contribution in [2.24, 2.45) is 11.8 Å². The monoisotopic (exact) mass is 305 g/mol. The van der Waals surface area contributed by atoms with Crippen LogP contribution in [0.1, 0.15) is 18.9 Å². The molecule has 1 saturated heterocycles. The fourth-order valence-corrected chi connectivity index (χ4v) is 2.89. The number of rotatable bonds is 6. The summed E-state index contributed by atoms with van der Waals surface area (Å²) in [7, 11) is 1.41. The van der Waals surface area contributed by atoms with E-state index in [9.17, 15) is 9.59 Å². The van der Waals surface area contributed by atoms with Crippen LogP contribution in [0.3, 0.4) is 0 Å². The fraction of sp³-hybridized carbons (Fsp3) is 0.529. The van der Waals surface area contributed by atoms with Crippen LogP contribution in [0.5, 0.6) is 0 Å². The smallest absolute Gasteiger partial charge is 0.320 e. The lowest BCUT2D eigenvalue weighted by Crippen LogP contribution is -2.30. The number of carbonyl (C=O) groups is 2. The van der Waals surface area contributed by atoms with Gasteiger partial charge in [0.05, 0.1) is 19.6 Å². The first-order valence-electron chi connectivity index (χ1n) is 7.63. The molecule has 1 aliphatic heterocycles. The van der Waals surface area contributed by atoms with Gasteiger partial charge in [0.15, 0.2) is 0 Å². The Morgan fingerprint density at radius 2 is 1.95 bits per heavy atom. The first kappa shape index (κ1) is 16.5. The lowest BCUT2D eigenvalue weighted by molar-refractivity contribution is -0.148. The number of likely N-dealkylation sites (tertiary alicyclic amines) is 1. The number of carbonyl (C=O) groups excluding carboxylic acids is 2. The number of nitrogens with zero attached hydrogens (tertiary/aromatic N) is 1. The molecule has 1 aromatic rings. The Morgan fingerprint density at radius 3 is 2.59 bits per heavy atom. The standard InChI is InChI=1S/C17H23NO4/c1-3-14-9-18(10-15(14)17(20)21-2)11-16(19)22-12-13-7-5-4-6-8-13/h4-8,14-15H,3,9-12H2,1-2H3. The summed E-state index contributed by atoms with van der Waals surface area (Å²) in [6.07, 6.45) is 0.898. The number of hydrogen-bond acceptors (Lipinski definition) is 5. The predicted octanol–water partition coefficient (Wildman–Crippen LogP) is 1.86. The molecule has 5 heteroatoms. The number of benzene rings is 1. The van der Waals surface area contributed by atoms with E-state index >= 15 is 0 Å². The van der Waals surface area contributed by atoms with Crippen molar-refractivity contribution in [1.82, 2.24) is 4.90 Å². The second kappa shape index (κ2) is 7.94. The molecule has 5 nitrogen and oxygen atoms in total. The van der Waals surface area contributed by atoms with Crippen LogP contribution in [0.4, 0.5) is 0 Å². The van der Waals surface area contributed by atoms with Gasteiger partial charge in [0.1, 0.15) is 6.61 Å². The molecule has 0 saturated carbocycles. The van der Waals surface area contributed by atoms with Gasteiger partial charge in [0.2, 0.25) is 0 Å². The SMILES string of the molecule is CCC1CN(CC(=O)OCc2ccccc2)CC1C(=O)OC. The largest absolute Gasteiger partial charge is 0.469 e. The van der Waals surface area contributed by atoms with Crippen LogP contribution in [0, 0.1) is 11.8 Å². The molecule has 2 unspecified atom stereocenters. The third-order valence-corrected chi connectivity index (χ3v) is 4.14. The Bertz CT molecular complexity index is 503. The van der Waals surface area contributed by atoms with Gasteiger partial charge in [-0.1, -0.05) is 43.7 Å². The molecule has 0 aromatic heterocycles. The molecule has 0 aliphatic carbocycles. The van der Waals surface area contributed by atoms with Gasteiger partial charge in [-0.05, 0) is 11.5 Å². The molecular weight excluding hydrogens is 282 g/mol. The molecule has 0 radical (unpaired) electrons. The molecule has 1 aromatic carbocycles. The third kappa shape index (κ3) is 4.31. The minimum atomic E-state index is -0.260. The van der Waals surface area contributed by atoms with Crippen LogP contribution in [0.2, 0.25) is 0 Å². The van der Waals surface area contributed by atoms with Crippen LogP contribution >= 0.6 is 0 Å². The molecular formula is C17H23NO4. The van der Waals surface area contributed by atoms with Crippen molar-refractivity contribution in [1.29, 1.82) is 0 Å². The highest BCUT2D eigenvalue weighted by atomic mass is 16.5. The molecule has 0 N–H and O–H groups in total. The third-order valence-electron chi connectivity index (χ3n) is 4.14. The minimum absolute atomic E-state index is 0.142. The first-order chi connectivity index (χ1) is 10.6. The van der Waals surface area contributed by atoms with Gasteiger partial charge in [-0.25, -0.2) is 0 Å². The van der Waals surface area contributed by atoms with E-state index in [0.717, 1.165) is 18.5 Å². The van der Waals surface area contributed by atoms with Crippen LogP contribution < -0.4 is 0 Å². The fourth-order valence-electron chi connectivity index (χ4n) is 2.89. The molecule has 1 fully saturated rings. The summed E-state index contributed by atoms with van der Waals surface area (Å²) in [4.78, 5) is 25.7. The van der Waals surface area contributed by atoms with E-state index in [4.69, 9.17) is 9.47 Å². The highest BCUT2D eigenvalue weighted by Gasteiger charge is 2.37. The highest BCUT2D eigenvalue weighted by molar-refractivity contribution is 5.74. The van der Waals surface area contributed by atoms with Crippen LogP contribution in [-0.2, 0) is 25.7 Å². The summed E-state index contributed by atoms with van der Waals surface area (Å²) in [5.41, 5.74) is 0.969. The zero-order valence-corrected chi connectivity index (χ0v) is 13.2. The maximum absolute atomic E-state index is 11.9. The molecule has 0 bridgehead atoms. The molecule has 2 atom stereocenters.